The van der Waals surface area contributed by atoms with Crippen LogP contribution in [0.15, 0.2) is 4.99 Å². The Hall–Kier alpha value is -0.770. The molecule has 2 rings (SSSR count). The lowest BCUT2D eigenvalue weighted by molar-refractivity contribution is -0.162. The SMILES string of the molecule is CCOC1CC(N=C(N)NC(C)C)C12CCC2. The van der Waals surface area contributed by atoms with E-state index in [1.807, 2.05) is 0 Å². The van der Waals surface area contributed by atoms with Gasteiger partial charge in [0.25, 0.3) is 0 Å². The summed E-state index contributed by atoms with van der Waals surface area (Å²) >= 11 is 0. The Labute approximate surface area is 104 Å². The van der Waals surface area contributed by atoms with Gasteiger partial charge in [-0.05, 0) is 40.0 Å². The molecule has 4 heteroatoms. The highest BCUT2D eigenvalue weighted by molar-refractivity contribution is 5.78. The van der Waals surface area contributed by atoms with Crippen LogP contribution >= 0.6 is 0 Å². The molecule has 3 N–H and O–H groups in total. The maximum Gasteiger partial charge on any atom is 0.189 e. The van der Waals surface area contributed by atoms with Crippen LogP contribution in [0, 0.1) is 5.41 Å². The zero-order valence-corrected chi connectivity index (χ0v) is 11.2. The van der Waals surface area contributed by atoms with Crippen molar-refractivity contribution in [2.75, 3.05) is 6.61 Å². The van der Waals surface area contributed by atoms with Crippen LogP contribution in [0.2, 0.25) is 0 Å². The molecule has 0 saturated heterocycles. The lowest BCUT2D eigenvalue weighted by atomic mass is 9.51. The standard InChI is InChI=1S/C13H25N3O/c1-4-17-11-8-10(13(11)6-5-7-13)16-12(14)15-9(2)3/h9-11H,4-8H2,1-3H3,(H3,14,15,16). The first-order valence-electron chi connectivity index (χ1n) is 6.80. The highest BCUT2D eigenvalue weighted by atomic mass is 16.5. The van der Waals surface area contributed by atoms with E-state index in [1.54, 1.807) is 0 Å². The van der Waals surface area contributed by atoms with E-state index >= 15 is 0 Å². The van der Waals surface area contributed by atoms with E-state index in [1.165, 1.54) is 19.3 Å². The molecule has 2 saturated carbocycles. The second-order valence-electron chi connectivity index (χ2n) is 5.60. The average molecular weight is 239 g/mol. The first-order chi connectivity index (χ1) is 8.08. The molecule has 98 valence electrons. The van der Waals surface area contributed by atoms with Gasteiger partial charge in [0.15, 0.2) is 5.96 Å². The third kappa shape index (κ3) is 2.28. The van der Waals surface area contributed by atoms with Crippen LogP contribution in [-0.4, -0.2) is 30.8 Å². The van der Waals surface area contributed by atoms with E-state index in [9.17, 15) is 0 Å². The largest absolute Gasteiger partial charge is 0.378 e. The summed E-state index contributed by atoms with van der Waals surface area (Å²) in [6, 6.07) is 0.720. The van der Waals surface area contributed by atoms with E-state index in [-0.39, 0.29) is 0 Å². The van der Waals surface area contributed by atoms with Crippen molar-refractivity contribution in [2.24, 2.45) is 16.1 Å². The van der Waals surface area contributed by atoms with Gasteiger partial charge in [0.05, 0.1) is 12.1 Å². The number of nitrogens with zero attached hydrogens (tertiary/aromatic N) is 1. The molecule has 17 heavy (non-hydrogen) atoms. The minimum Gasteiger partial charge on any atom is -0.378 e. The fourth-order valence-electron chi connectivity index (χ4n) is 3.08. The van der Waals surface area contributed by atoms with Crippen molar-refractivity contribution in [2.45, 2.75) is 64.6 Å². The van der Waals surface area contributed by atoms with Gasteiger partial charge in [-0.15, -0.1) is 0 Å². The third-order valence-electron chi connectivity index (χ3n) is 4.13. The van der Waals surface area contributed by atoms with Crippen molar-refractivity contribution >= 4 is 5.96 Å². The maximum atomic E-state index is 5.90. The highest BCUT2D eigenvalue weighted by Gasteiger charge is 2.59. The van der Waals surface area contributed by atoms with Gasteiger partial charge in [-0.3, -0.25) is 0 Å². The molecule has 4 nitrogen and oxygen atoms in total. The van der Waals surface area contributed by atoms with Crippen LogP contribution in [-0.2, 0) is 4.74 Å². The molecule has 0 aromatic rings. The second-order valence-corrected chi connectivity index (χ2v) is 5.60. The second kappa shape index (κ2) is 4.84. The Morgan fingerprint density at radius 3 is 2.71 bits per heavy atom. The summed E-state index contributed by atoms with van der Waals surface area (Å²) in [5.41, 5.74) is 6.22. The summed E-state index contributed by atoms with van der Waals surface area (Å²) in [6.45, 7) is 7.02. The monoisotopic (exact) mass is 239 g/mol. The Bertz CT molecular complexity index is 297. The van der Waals surface area contributed by atoms with Gasteiger partial charge < -0.3 is 15.8 Å². The summed E-state index contributed by atoms with van der Waals surface area (Å²) in [7, 11) is 0. The topological polar surface area (TPSA) is 59.6 Å². The van der Waals surface area contributed by atoms with Crippen LogP contribution in [0.3, 0.4) is 0 Å². The van der Waals surface area contributed by atoms with Gasteiger partial charge in [-0.1, -0.05) is 6.42 Å². The molecule has 0 radical (unpaired) electrons. The minimum atomic E-state index is 0.319. The predicted octanol–water partition coefficient (Wildman–Crippen LogP) is 1.65. The molecule has 2 fully saturated rings. The Morgan fingerprint density at radius 1 is 1.53 bits per heavy atom. The number of nitrogens with two attached hydrogens (primary N) is 1. The number of nitrogens with one attached hydrogen (secondary N) is 1. The van der Waals surface area contributed by atoms with Crippen molar-refractivity contribution in [3.8, 4) is 0 Å². The molecular formula is C13H25N3O. The molecule has 0 heterocycles. The van der Waals surface area contributed by atoms with E-state index in [0.29, 0.717) is 29.6 Å². The Morgan fingerprint density at radius 2 is 2.24 bits per heavy atom. The number of ether oxygens (including phenoxy) is 1. The molecule has 2 unspecified atom stereocenters. The fourth-order valence-corrected chi connectivity index (χ4v) is 3.08. The summed E-state index contributed by atoms with van der Waals surface area (Å²) in [4.78, 5) is 4.63. The van der Waals surface area contributed by atoms with Crippen molar-refractivity contribution < 1.29 is 4.74 Å². The average Bonchev–Trinajstić information content (AvgIpc) is 2.11. The van der Waals surface area contributed by atoms with Crippen LogP contribution in [0.1, 0.15) is 46.5 Å². The van der Waals surface area contributed by atoms with Gasteiger partial charge in [-0.2, -0.15) is 0 Å². The van der Waals surface area contributed by atoms with Gasteiger partial charge in [0.2, 0.25) is 0 Å². The van der Waals surface area contributed by atoms with Crippen molar-refractivity contribution in [3.05, 3.63) is 0 Å². The maximum absolute atomic E-state index is 5.90. The van der Waals surface area contributed by atoms with Gasteiger partial charge in [0, 0.05) is 18.1 Å². The number of hydrogen-bond donors (Lipinski definition) is 2. The molecule has 0 amide bonds. The minimum absolute atomic E-state index is 0.319. The molecule has 0 aromatic heterocycles. The fraction of sp³-hybridized carbons (Fsp3) is 0.923. The number of rotatable bonds is 4. The van der Waals surface area contributed by atoms with Crippen molar-refractivity contribution in [3.63, 3.8) is 0 Å². The first-order valence-corrected chi connectivity index (χ1v) is 6.80. The van der Waals surface area contributed by atoms with Gasteiger partial charge in [-0.25, -0.2) is 4.99 Å². The lowest BCUT2D eigenvalue weighted by Crippen LogP contribution is -2.61. The first kappa shape index (κ1) is 12.7. The zero-order chi connectivity index (χ0) is 12.5. The molecule has 2 aliphatic carbocycles. The number of aliphatic imine (C=N–C) groups is 1. The summed E-state index contributed by atoms with van der Waals surface area (Å²) in [5.74, 6) is 0.589. The lowest BCUT2D eigenvalue weighted by Gasteiger charge is -2.59. The van der Waals surface area contributed by atoms with Crippen LogP contribution in [0.5, 0.6) is 0 Å². The van der Waals surface area contributed by atoms with E-state index in [2.05, 4.69) is 31.1 Å². The number of hydrogen-bond acceptors (Lipinski definition) is 2. The smallest absolute Gasteiger partial charge is 0.189 e. The molecule has 2 aliphatic rings. The van der Waals surface area contributed by atoms with E-state index in [4.69, 9.17) is 10.5 Å². The highest BCUT2D eigenvalue weighted by Crippen LogP contribution is 2.58. The Kier molecular flexibility index (Phi) is 3.61. The van der Waals surface area contributed by atoms with Crippen molar-refractivity contribution in [1.82, 2.24) is 5.32 Å². The molecular weight excluding hydrogens is 214 g/mol. The molecule has 0 aromatic carbocycles. The zero-order valence-electron chi connectivity index (χ0n) is 11.2. The van der Waals surface area contributed by atoms with E-state index < -0.39 is 0 Å². The van der Waals surface area contributed by atoms with Gasteiger partial charge >= 0.3 is 0 Å². The quantitative estimate of drug-likeness (QED) is 0.579. The summed E-state index contributed by atoms with van der Waals surface area (Å²) < 4.78 is 5.80. The summed E-state index contributed by atoms with van der Waals surface area (Å²) in [6.07, 6.45) is 5.27. The number of guanidine groups is 1. The van der Waals surface area contributed by atoms with E-state index in [0.717, 1.165) is 13.0 Å². The molecule has 0 bridgehead atoms. The third-order valence-corrected chi connectivity index (χ3v) is 4.13. The predicted molar refractivity (Wildman–Crippen MR) is 70.0 cm³/mol. The van der Waals surface area contributed by atoms with Crippen LogP contribution in [0.25, 0.3) is 0 Å². The van der Waals surface area contributed by atoms with Crippen LogP contribution in [0.4, 0.5) is 0 Å². The molecule has 2 atom stereocenters. The Balaban J connectivity index is 1.95. The summed E-state index contributed by atoms with van der Waals surface area (Å²) in [5, 5.41) is 3.16. The molecule has 1 spiro atoms. The molecule has 0 aliphatic heterocycles. The van der Waals surface area contributed by atoms with Crippen molar-refractivity contribution in [1.29, 1.82) is 0 Å². The normalized spacial score (nSPS) is 31.2. The van der Waals surface area contributed by atoms with Gasteiger partial charge in [0.1, 0.15) is 0 Å². The van der Waals surface area contributed by atoms with Crippen LogP contribution < -0.4 is 11.1 Å².